The summed E-state index contributed by atoms with van der Waals surface area (Å²) in [7, 11) is 1.43. The van der Waals surface area contributed by atoms with Gasteiger partial charge in [-0.1, -0.05) is 23.9 Å². The summed E-state index contributed by atoms with van der Waals surface area (Å²) in [6.45, 7) is 0.136. The van der Waals surface area contributed by atoms with Gasteiger partial charge in [0, 0.05) is 11.0 Å². The first kappa shape index (κ1) is 17.0. The van der Waals surface area contributed by atoms with E-state index in [9.17, 15) is 18.9 Å². The summed E-state index contributed by atoms with van der Waals surface area (Å²) in [5, 5.41) is 10.8. The zero-order valence-electron chi connectivity index (χ0n) is 12.1. The van der Waals surface area contributed by atoms with Crippen molar-refractivity contribution in [3.63, 3.8) is 0 Å². The molecule has 2 rings (SSSR count). The van der Waals surface area contributed by atoms with Crippen LogP contribution in [-0.2, 0) is 6.61 Å². The first-order chi connectivity index (χ1) is 11.0. The highest BCUT2D eigenvalue weighted by molar-refractivity contribution is 7.99. The van der Waals surface area contributed by atoms with Gasteiger partial charge in [-0.15, -0.1) is 0 Å². The fourth-order valence-electron chi connectivity index (χ4n) is 1.82. The third-order valence-electron chi connectivity index (χ3n) is 2.90. The lowest BCUT2D eigenvalue weighted by atomic mass is 10.2. The maximum atomic E-state index is 12.2. The van der Waals surface area contributed by atoms with Crippen molar-refractivity contribution in [1.82, 2.24) is 0 Å². The van der Waals surface area contributed by atoms with Crippen LogP contribution in [0.1, 0.15) is 5.56 Å². The van der Waals surface area contributed by atoms with E-state index in [4.69, 9.17) is 9.47 Å². The number of thioether (sulfide) groups is 1. The molecule has 0 saturated heterocycles. The number of nitrogens with zero attached hydrogens (tertiary/aromatic N) is 1. The predicted molar refractivity (Wildman–Crippen MR) is 82.3 cm³/mol. The third kappa shape index (κ3) is 4.82. The average Bonchev–Trinajstić information content (AvgIpc) is 2.53. The minimum absolute atomic E-state index is 0.107. The second kappa shape index (κ2) is 7.77. The fourth-order valence-corrected chi connectivity index (χ4v) is 2.32. The number of hydrogen-bond acceptors (Lipinski definition) is 5. The van der Waals surface area contributed by atoms with Crippen LogP contribution in [0.3, 0.4) is 0 Å². The van der Waals surface area contributed by atoms with Gasteiger partial charge in [0.05, 0.1) is 18.1 Å². The van der Waals surface area contributed by atoms with E-state index in [1.54, 1.807) is 24.3 Å². The molecule has 0 aliphatic heterocycles. The predicted octanol–water partition coefficient (Wildman–Crippen LogP) is 4.50. The molecule has 0 saturated carbocycles. The van der Waals surface area contributed by atoms with Crippen molar-refractivity contribution in [3.05, 3.63) is 58.1 Å². The van der Waals surface area contributed by atoms with Gasteiger partial charge in [0.25, 0.3) is 11.4 Å². The zero-order valence-corrected chi connectivity index (χ0v) is 12.9. The van der Waals surface area contributed by atoms with Crippen LogP contribution < -0.4 is 9.47 Å². The minimum Gasteiger partial charge on any atom is -0.493 e. The molecule has 122 valence electrons. The number of non-ortho nitro benzene ring substituents is 1. The normalized spacial score (nSPS) is 10.6. The monoisotopic (exact) mass is 341 g/mol. The van der Waals surface area contributed by atoms with Crippen LogP contribution in [0.15, 0.2) is 47.4 Å². The molecule has 0 aliphatic carbocycles. The Balaban J connectivity index is 2.07. The molecule has 0 radical (unpaired) electrons. The van der Waals surface area contributed by atoms with Crippen molar-refractivity contribution in [2.75, 3.05) is 7.11 Å². The van der Waals surface area contributed by atoms with Gasteiger partial charge >= 0.3 is 0 Å². The lowest BCUT2D eigenvalue weighted by Gasteiger charge is -2.10. The summed E-state index contributed by atoms with van der Waals surface area (Å²) >= 11 is 0.464. The third-order valence-corrected chi connectivity index (χ3v) is 3.62. The molecule has 23 heavy (non-hydrogen) atoms. The summed E-state index contributed by atoms with van der Waals surface area (Å²) in [5.74, 6) is -1.85. The number of alkyl halides is 2. The number of benzene rings is 2. The Bertz CT molecular complexity index is 680. The van der Waals surface area contributed by atoms with Crippen molar-refractivity contribution < 1.29 is 23.2 Å². The van der Waals surface area contributed by atoms with Gasteiger partial charge in [-0.25, -0.2) is 0 Å². The van der Waals surface area contributed by atoms with Crippen molar-refractivity contribution in [2.45, 2.75) is 17.3 Å². The number of nitro groups is 1. The zero-order chi connectivity index (χ0) is 16.8. The van der Waals surface area contributed by atoms with Crippen LogP contribution in [0.4, 0.5) is 14.5 Å². The number of hydrogen-bond donors (Lipinski definition) is 0. The van der Waals surface area contributed by atoms with E-state index in [1.165, 1.54) is 25.3 Å². The number of rotatable bonds is 7. The van der Waals surface area contributed by atoms with Crippen LogP contribution in [0.5, 0.6) is 11.5 Å². The summed E-state index contributed by atoms with van der Waals surface area (Å²) < 4.78 is 35.1. The van der Waals surface area contributed by atoms with E-state index in [0.717, 1.165) is 5.56 Å². The van der Waals surface area contributed by atoms with E-state index in [2.05, 4.69) is 0 Å². The Hall–Kier alpha value is -2.35. The number of ether oxygens (including phenoxy) is 2. The summed E-state index contributed by atoms with van der Waals surface area (Å²) in [6.07, 6.45) is 0. The van der Waals surface area contributed by atoms with Gasteiger partial charge in [-0.3, -0.25) is 10.1 Å². The first-order valence-corrected chi connectivity index (χ1v) is 7.36. The highest BCUT2D eigenvalue weighted by Crippen LogP contribution is 2.32. The smallest absolute Gasteiger partial charge is 0.288 e. The molecule has 0 N–H and O–H groups in total. The van der Waals surface area contributed by atoms with Crippen LogP contribution >= 0.6 is 11.8 Å². The van der Waals surface area contributed by atoms with Gasteiger partial charge in [0.2, 0.25) is 0 Å². The molecular weight excluding hydrogens is 328 g/mol. The van der Waals surface area contributed by atoms with E-state index in [-0.39, 0.29) is 18.0 Å². The maximum Gasteiger partial charge on any atom is 0.288 e. The van der Waals surface area contributed by atoms with Crippen LogP contribution in [-0.4, -0.2) is 17.8 Å². The molecule has 0 fully saturated rings. The SMILES string of the molecule is COc1ccc([N+](=O)[O-])cc1OCc1ccc(SC(F)F)cc1. The Morgan fingerprint density at radius 2 is 1.87 bits per heavy atom. The Morgan fingerprint density at radius 1 is 1.17 bits per heavy atom. The Labute approximate surface area is 135 Å². The van der Waals surface area contributed by atoms with E-state index < -0.39 is 10.7 Å². The van der Waals surface area contributed by atoms with Crippen molar-refractivity contribution >= 4 is 17.4 Å². The van der Waals surface area contributed by atoms with Crippen LogP contribution in [0.2, 0.25) is 0 Å². The fraction of sp³-hybridized carbons (Fsp3) is 0.200. The molecule has 8 heteroatoms. The van der Waals surface area contributed by atoms with Crippen molar-refractivity contribution in [1.29, 1.82) is 0 Å². The van der Waals surface area contributed by atoms with Crippen molar-refractivity contribution in [3.8, 4) is 11.5 Å². The molecule has 0 heterocycles. The quantitative estimate of drug-likeness (QED) is 0.422. The molecule has 0 spiro atoms. The van der Waals surface area contributed by atoms with E-state index in [0.29, 0.717) is 22.4 Å². The Kier molecular flexibility index (Phi) is 5.75. The molecular formula is C15H13F2NO4S. The molecule has 2 aromatic carbocycles. The second-order valence-corrected chi connectivity index (χ2v) is 5.47. The highest BCUT2D eigenvalue weighted by Gasteiger charge is 2.12. The second-order valence-electron chi connectivity index (χ2n) is 4.40. The summed E-state index contributed by atoms with van der Waals surface area (Å²) in [6, 6.07) is 10.5. The van der Waals surface area contributed by atoms with Gasteiger partial charge in [-0.2, -0.15) is 8.78 Å². The molecule has 0 aliphatic rings. The largest absolute Gasteiger partial charge is 0.493 e. The molecule has 5 nitrogen and oxygen atoms in total. The topological polar surface area (TPSA) is 61.6 Å². The Morgan fingerprint density at radius 3 is 2.43 bits per heavy atom. The number of halogens is 2. The molecule has 0 amide bonds. The molecule has 2 aromatic rings. The molecule has 0 unspecified atom stereocenters. The molecule has 0 aromatic heterocycles. The van der Waals surface area contributed by atoms with Gasteiger partial charge in [-0.05, 0) is 23.8 Å². The first-order valence-electron chi connectivity index (χ1n) is 6.48. The average molecular weight is 341 g/mol. The lowest BCUT2D eigenvalue weighted by molar-refractivity contribution is -0.385. The molecule has 0 atom stereocenters. The molecule has 0 bridgehead atoms. The van der Waals surface area contributed by atoms with Crippen molar-refractivity contribution in [2.24, 2.45) is 0 Å². The number of nitro benzene ring substituents is 1. The van der Waals surface area contributed by atoms with Gasteiger partial charge in [0.1, 0.15) is 6.61 Å². The maximum absolute atomic E-state index is 12.2. The summed E-state index contributed by atoms with van der Waals surface area (Å²) in [4.78, 5) is 10.7. The van der Waals surface area contributed by atoms with E-state index >= 15 is 0 Å². The lowest BCUT2D eigenvalue weighted by Crippen LogP contribution is -1.99. The van der Waals surface area contributed by atoms with E-state index in [1.807, 2.05) is 0 Å². The van der Waals surface area contributed by atoms with Gasteiger partial charge in [0.15, 0.2) is 11.5 Å². The highest BCUT2D eigenvalue weighted by atomic mass is 32.2. The summed E-state index contributed by atoms with van der Waals surface area (Å²) in [5.41, 5.74) is 0.640. The van der Waals surface area contributed by atoms with Crippen LogP contribution in [0, 0.1) is 10.1 Å². The number of methoxy groups -OCH3 is 1. The minimum atomic E-state index is -2.47. The van der Waals surface area contributed by atoms with Crippen LogP contribution in [0.25, 0.3) is 0 Å². The standard InChI is InChI=1S/C15H13F2NO4S/c1-21-13-7-4-11(18(19)20)8-14(13)22-9-10-2-5-12(6-3-10)23-15(16)17/h2-8,15H,9H2,1H3. The van der Waals surface area contributed by atoms with Gasteiger partial charge < -0.3 is 9.47 Å².